The number of benzene rings is 1. The Morgan fingerprint density at radius 2 is 1.78 bits per heavy atom. The van der Waals surface area contributed by atoms with Crippen molar-refractivity contribution >= 4 is 23.7 Å². The van der Waals surface area contributed by atoms with Crippen molar-refractivity contribution in [1.82, 2.24) is 9.96 Å². The standard InChI is InChI=1S/C15H14N2O6/c1-9(18)16-6-7-22-8-12(16)15(21)23-17-13(19)10-4-2-3-5-11(10)14(17)20/h2-5,12H,6-8H2,1H3. The zero-order chi connectivity index (χ0) is 16.6. The lowest BCUT2D eigenvalue weighted by Gasteiger charge is -2.33. The van der Waals surface area contributed by atoms with Gasteiger partial charge in [0.1, 0.15) is 0 Å². The second kappa shape index (κ2) is 5.81. The van der Waals surface area contributed by atoms with Gasteiger partial charge in [-0.05, 0) is 12.1 Å². The van der Waals surface area contributed by atoms with E-state index in [0.717, 1.165) is 0 Å². The van der Waals surface area contributed by atoms with Crippen molar-refractivity contribution in [2.24, 2.45) is 0 Å². The molecule has 0 N–H and O–H groups in total. The number of ether oxygens (including phenoxy) is 1. The van der Waals surface area contributed by atoms with E-state index in [1.807, 2.05) is 0 Å². The van der Waals surface area contributed by atoms with E-state index in [-0.39, 0.29) is 30.2 Å². The van der Waals surface area contributed by atoms with Crippen LogP contribution in [-0.2, 0) is 19.2 Å². The number of morpholine rings is 1. The minimum atomic E-state index is -0.981. The summed E-state index contributed by atoms with van der Waals surface area (Å²) in [5.74, 6) is -2.60. The quantitative estimate of drug-likeness (QED) is 0.712. The minimum absolute atomic E-state index is 0.0401. The highest BCUT2D eigenvalue weighted by Gasteiger charge is 2.41. The molecule has 1 aromatic carbocycles. The molecule has 0 aromatic heterocycles. The first-order chi connectivity index (χ1) is 11.0. The molecule has 120 valence electrons. The third kappa shape index (κ3) is 2.57. The molecule has 3 amide bonds. The SMILES string of the molecule is CC(=O)N1CCOCC1C(=O)ON1C(=O)c2ccccc2C1=O. The molecule has 3 rings (SSSR count). The first-order valence-electron chi connectivity index (χ1n) is 7.05. The average molecular weight is 318 g/mol. The molecule has 2 aliphatic heterocycles. The fraction of sp³-hybridized carbons (Fsp3) is 0.333. The van der Waals surface area contributed by atoms with Gasteiger partial charge in [0.25, 0.3) is 11.8 Å². The van der Waals surface area contributed by atoms with Crippen LogP contribution in [0.3, 0.4) is 0 Å². The van der Waals surface area contributed by atoms with Crippen LogP contribution < -0.4 is 0 Å². The topological polar surface area (TPSA) is 93.2 Å². The predicted octanol–water partition coefficient (Wildman–Crippen LogP) is -0.0119. The van der Waals surface area contributed by atoms with E-state index in [9.17, 15) is 19.2 Å². The maximum Gasteiger partial charge on any atom is 0.357 e. The Labute approximate surface area is 131 Å². The van der Waals surface area contributed by atoms with Gasteiger partial charge in [0, 0.05) is 13.5 Å². The lowest BCUT2D eigenvalue weighted by Crippen LogP contribution is -2.53. The van der Waals surface area contributed by atoms with Crippen molar-refractivity contribution in [3.8, 4) is 0 Å². The molecule has 1 unspecified atom stereocenters. The summed E-state index contributed by atoms with van der Waals surface area (Å²) in [7, 11) is 0. The summed E-state index contributed by atoms with van der Waals surface area (Å²) in [6.07, 6.45) is 0. The van der Waals surface area contributed by atoms with Gasteiger partial charge in [-0.3, -0.25) is 14.4 Å². The molecule has 0 bridgehead atoms. The number of imide groups is 1. The van der Waals surface area contributed by atoms with Crippen molar-refractivity contribution in [3.63, 3.8) is 0 Å². The number of rotatable bonds is 2. The number of carbonyl (C=O) groups excluding carboxylic acids is 4. The number of amides is 3. The first-order valence-corrected chi connectivity index (χ1v) is 7.05. The highest BCUT2D eigenvalue weighted by atomic mass is 16.7. The second-order valence-electron chi connectivity index (χ2n) is 5.16. The van der Waals surface area contributed by atoms with Crippen LogP contribution in [-0.4, -0.2) is 59.5 Å². The molecule has 8 nitrogen and oxygen atoms in total. The Kier molecular flexibility index (Phi) is 3.83. The Morgan fingerprint density at radius 1 is 1.17 bits per heavy atom. The van der Waals surface area contributed by atoms with Gasteiger partial charge in [-0.25, -0.2) is 4.79 Å². The normalized spacial score (nSPS) is 20.5. The maximum atomic E-state index is 12.3. The third-order valence-corrected chi connectivity index (χ3v) is 3.74. The zero-order valence-electron chi connectivity index (χ0n) is 12.4. The Bertz CT molecular complexity index is 666. The van der Waals surface area contributed by atoms with E-state index in [2.05, 4.69) is 0 Å². The molecule has 2 aliphatic rings. The summed E-state index contributed by atoms with van der Waals surface area (Å²) in [6.45, 7) is 1.85. The lowest BCUT2D eigenvalue weighted by molar-refractivity contribution is -0.182. The molecule has 2 heterocycles. The predicted molar refractivity (Wildman–Crippen MR) is 75.0 cm³/mol. The maximum absolute atomic E-state index is 12.3. The van der Waals surface area contributed by atoms with Gasteiger partial charge < -0.3 is 14.5 Å². The Morgan fingerprint density at radius 3 is 2.35 bits per heavy atom. The third-order valence-electron chi connectivity index (χ3n) is 3.74. The molecule has 0 aliphatic carbocycles. The highest BCUT2D eigenvalue weighted by Crippen LogP contribution is 2.23. The van der Waals surface area contributed by atoms with Crippen LogP contribution in [0.25, 0.3) is 0 Å². The Hall–Kier alpha value is -2.74. The van der Waals surface area contributed by atoms with Gasteiger partial charge in [-0.15, -0.1) is 0 Å². The van der Waals surface area contributed by atoms with Crippen LogP contribution in [0, 0.1) is 0 Å². The molecule has 1 saturated heterocycles. The molecule has 23 heavy (non-hydrogen) atoms. The van der Waals surface area contributed by atoms with Crippen LogP contribution in [0.1, 0.15) is 27.6 Å². The number of fused-ring (bicyclic) bond motifs is 1. The van der Waals surface area contributed by atoms with Gasteiger partial charge in [0.05, 0.1) is 24.3 Å². The van der Waals surface area contributed by atoms with Crippen LogP contribution in [0.15, 0.2) is 24.3 Å². The van der Waals surface area contributed by atoms with E-state index in [1.165, 1.54) is 24.0 Å². The summed E-state index contributed by atoms with van der Waals surface area (Å²) in [6, 6.07) is 5.21. The molecule has 1 atom stereocenters. The van der Waals surface area contributed by atoms with Crippen molar-refractivity contribution in [2.45, 2.75) is 13.0 Å². The van der Waals surface area contributed by atoms with Gasteiger partial charge >= 0.3 is 5.97 Å². The van der Waals surface area contributed by atoms with Crippen LogP contribution in [0.2, 0.25) is 0 Å². The number of hydrogen-bond acceptors (Lipinski definition) is 6. The largest absolute Gasteiger partial charge is 0.377 e. The van der Waals surface area contributed by atoms with Crippen LogP contribution in [0.4, 0.5) is 0 Å². The van der Waals surface area contributed by atoms with Crippen LogP contribution >= 0.6 is 0 Å². The Balaban J connectivity index is 1.77. The molecule has 8 heteroatoms. The lowest BCUT2D eigenvalue weighted by atomic mass is 10.1. The fourth-order valence-electron chi connectivity index (χ4n) is 2.58. The summed E-state index contributed by atoms with van der Waals surface area (Å²) in [5, 5.41) is 0.430. The van der Waals surface area contributed by atoms with Crippen molar-refractivity contribution in [3.05, 3.63) is 35.4 Å². The van der Waals surface area contributed by atoms with Crippen molar-refractivity contribution in [2.75, 3.05) is 19.8 Å². The molecular formula is C15H14N2O6. The van der Waals surface area contributed by atoms with Gasteiger partial charge in [-0.1, -0.05) is 17.2 Å². The van der Waals surface area contributed by atoms with Gasteiger partial charge in [0.15, 0.2) is 6.04 Å². The van der Waals surface area contributed by atoms with E-state index < -0.39 is 23.8 Å². The number of nitrogens with zero attached hydrogens (tertiary/aromatic N) is 2. The van der Waals surface area contributed by atoms with Gasteiger partial charge in [-0.2, -0.15) is 0 Å². The fourth-order valence-corrected chi connectivity index (χ4v) is 2.58. The van der Waals surface area contributed by atoms with E-state index >= 15 is 0 Å². The molecular weight excluding hydrogens is 304 g/mol. The highest BCUT2D eigenvalue weighted by molar-refractivity contribution is 6.20. The van der Waals surface area contributed by atoms with Crippen molar-refractivity contribution in [1.29, 1.82) is 0 Å². The first kappa shape index (κ1) is 15.2. The summed E-state index contributed by atoms with van der Waals surface area (Å²) >= 11 is 0. The van der Waals surface area contributed by atoms with E-state index in [0.29, 0.717) is 11.7 Å². The minimum Gasteiger partial charge on any atom is -0.377 e. The smallest absolute Gasteiger partial charge is 0.357 e. The van der Waals surface area contributed by atoms with E-state index in [4.69, 9.17) is 9.57 Å². The average Bonchev–Trinajstić information content (AvgIpc) is 2.80. The molecule has 0 spiro atoms. The molecule has 1 fully saturated rings. The van der Waals surface area contributed by atoms with Crippen LogP contribution in [0.5, 0.6) is 0 Å². The monoisotopic (exact) mass is 318 g/mol. The number of carbonyl (C=O) groups is 4. The summed E-state index contributed by atoms with van der Waals surface area (Å²) in [4.78, 5) is 54.4. The van der Waals surface area contributed by atoms with E-state index in [1.54, 1.807) is 12.1 Å². The second-order valence-corrected chi connectivity index (χ2v) is 5.16. The zero-order valence-corrected chi connectivity index (χ0v) is 12.4. The molecule has 0 radical (unpaired) electrons. The summed E-state index contributed by atoms with van der Waals surface area (Å²) in [5.41, 5.74) is 0.349. The van der Waals surface area contributed by atoms with Crippen molar-refractivity contribution < 1.29 is 28.8 Å². The molecule has 0 saturated carbocycles. The number of hydrogen-bond donors (Lipinski definition) is 0. The summed E-state index contributed by atoms with van der Waals surface area (Å²) < 4.78 is 5.18. The molecule has 1 aromatic rings. The van der Waals surface area contributed by atoms with Gasteiger partial charge in [0.2, 0.25) is 5.91 Å². The number of hydroxylamine groups is 2.